The maximum absolute atomic E-state index is 13.8. The Kier molecular flexibility index (Phi) is 10.6. The predicted molar refractivity (Wildman–Crippen MR) is 143 cm³/mol. The molecule has 2 aromatic carbocycles. The molecule has 0 aromatic heterocycles. The van der Waals surface area contributed by atoms with Gasteiger partial charge < -0.3 is 19.5 Å². The fraction of sp³-hybridized carbons (Fsp3) is 0.464. The van der Waals surface area contributed by atoms with Gasteiger partial charge in [0.05, 0.1) is 20.3 Å². The number of carbonyl (C=O) groups excluding carboxylic acids is 1. The van der Waals surface area contributed by atoms with Crippen LogP contribution in [0.5, 0.6) is 11.5 Å². The molecule has 4 rings (SSSR count). The number of amides is 1. The van der Waals surface area contributed by atoms with Crippen LogP contribution in [0, 0.1) is 17.5 Å². The molecular weight excluding hydrogens is 513 g/mol. The quantitative estimate of drug-likeness (QED) is 0.342. The predicted octanol–water partition coefficient (Wildman–Crippen LogP) is 3.09. The first-order valence-electron chi connectivity index (χ1n) is 13.1. The molecule has 11 heteroatoms. The van der Waals surface area contributed by atoms with E-state index < -0.39 is 23.4 Å². The average molecular weight is 549 g/mol. The first-order chi connectivity index (χ1) is 18.9. The third kappa shape index (κ3) is 8.96. The van der Waals surface area contributed by atoms with Crippen molar-refractivity contribution >= 4 is 17.7 Å². The summed E-state index contributed by atoms with van der Waals surface area (Å²) in [7, 11) is 1.50. The van der Waals surface area contributed by atoms with E-state index in [0.29, 0.717) is 29.9 Å². The van der Waals surface area contributed by atoms with Gasteiger partial charge in [0.1, 0.15) is 23.9 Å². The Morgan fingerprint density at radius 3 is 2.23 bits per heavy atom. The zero-order chi connectivity index (χ0) is 27.6. The van der Waals surface area contributed by atoms with Crippen molar-refractivity contribution in [2.45, 2.75) is 0 Å². The summed E-state index contributed by atoms with van der Waals surface area (Å²) in [6.07, 6.45) is 2.01. The Hall–Kier alpha value is -3.12. The zero-order valence-corrected chi connectivity index (χ0v) is 22.1. The summed E-state index contributed by atoms with van der Waals surface area (Å²) in [6.45, 7) is 11.1. The van der Waals surface area contributed by atoms with Crippen molar-refractivity contribution < 1.29 is 32.2 Å². The van der Waals surface area contributed by atoms with E-state index >= 15 is 0 Å². The number of rotatable bonds is 11. The van der Waals surface area contributed by atoms with Crippen LogP contribution in [0.3, 0.4) is 0 Å². The van der Waals surface area contributed by atoms with Gasteiger partial charge in [0, 0.05) is 100 Å². The molecule has 0 spiro atoms. The van der Waals surface area contributed by atoms with E-state index in [9.17, 15) is 18.0 Å². The van der Waals surface area contributed by atoms with E-state index in [2.05, 4.69) is 20.0 Å². The molecule has 0 atom stereocenters. The number of halogens is 3. The third-order valence-corrected chi connectivity index (χ3v) is 6.80. The molecule has 2 aliphatic heterocycles. The Morgan fingerprint density at radius 1 is 0.897 bits per heavy atom. The van der Waals surface area contributed by atoms with E-state index in [-0.39, 0.29) is 5.56 Å². The van der Waals surface area contributed by atoms with Gasteiger partial charge >= 0.3 is 0 Å². The van der Waals surface area contributed by atoms with Crippen LogP contribution in [0.15, 0.2) is 36.4 Å². The largest absolute Gasteiger partial charge is 0.497 e. The van der Waals surface area contributed by atoms with Crippen LogP contribution in [-0.4, -0.2) is 106 Å². The Balaban J connectivity index is 1.22. The monoisotopic (exact) mass is 548 g/mol. The molecule has 2 saturated heterocycles. The minimum atomic E-state index is -1.32. The van der Waals surface area contributed by atoms with Gasteiger partial charge in [0.2, 0.25) is 5.91 Å². The molecule has 0 unspecified atom stereocenters. The number of benzene rings is 2. The van der Waals surface area contributed by atoms with Crippen molar-refractivity contribution in [3.05, 3.63) is 59.4 Å². The van der Waals surface area contributed by atoms with Crippen molar-refractivity contribution in [1.82, 2.24) is 14.7 Å². The summed E-state index contributed by atoms with van der Waals surface area (Å²) < 4.78 is 57.2. The van der Waals surface area contributed by atoms with Crippen molar-refractivity contribution in [3.8, 4) is 11.5 Å². The van der Waals surface area contributed by atoms with Crippen LogP contribution < -0.4 is 14.8 Å². The highest BCUT2D eigenvalue weighted by molar-refractivity contribution is 6.02. The number of hydrogen-bond donors (Lipinski definition) is 1. The first kappa shape index (κ1) is 28.9. The number of hydrogen-bond acceptors (Lipinski definition) is 7. The molecule has 2 aromatic rings. The van der Waals surface area contributed by atoms with E-state index in [0.717, 1.165) is 90.3 Å². The molecule has 8 nitrogen and oxygen atoms in total. The van der Waals surface area contributed by atoms with Gasteiger partial charge in [0.15, 0.2) is 11.6 Å². The maximum Gasteiger partial charge on any atom is 0.248 e. The zero-order valence-electron chi connectivity index (χ0n) is 22.1. The number of ether oxygens (including phenoxy) is 3. The SMILES string of the molecule is COc1cc(NC(=O)/C=C/c2cc(F)cc(F)c2F)cc(OCCN2CCN(CCN3CCOCC3)CC2)c1. The first-order valence-corrected chi connectivity index (χ1v) is 13.1. The average Bonchev–Trinajstić information content (AvgIpc) is 2.94. The number of methoxy groups -OCH3 is 1. The second-order valence-electron chi connectivity index (χ2n) is 9.50. The number of morpholine rings is 1. The molecule has 39 heavy (non-hydrogen) atoms. The summed E-state index contributed by atoms with van der Waals surface area (Å²) in [6, 6.07) is 6.24. The van der Waals surface area contributed by atoms with Crippen LogP contribution in [0.1, 0.15) is 5.56 Å². The van der Waals surface area contributed by atoms with Crippen molar-refractivity contribution in [2.75, 3.05) is 91.2 Å². The fourth-order valence-electron chi connectivity index (χ4n) is 4.53. The number of nitrogens with zero attached hydrogens (tertiary/aromatic N) is 3. The van der Waals surface area contributed by atoms with Gasteiger partial charge in [-0.25, -0.2) is 13.2 Å². The van der Waals surface area contributed by atoms with Crippen LogP contribution in [0.25, 0.3) is 6.08 Å². The second-order valence-corrected chi connectivity index (χ2v) is 9.50. The molecule has 212 valence electrons. The van der Waals surface area contributed by atoms with Crippen LogP contribution in [0.2, 0.25) is 0 Å². The summed E-state index contributed by atoms with van der Waals surface area (Å²) >= 11 is 0. The summed E-state index contributed by atoms with van der Waals surface area (Å²) in [5.74, 6) is -3.09. The lowest BCUT2D eigenvalue weighted by molar-refractivity contribution is -0.111. The normalized spacial score (nSPS) is 17.4. The molecular formula is C28H35F3N4O4. The topological polar surface area (TPSA) is 66.5 Å². The Bertz CT molecular complexity index is 1140. The number of nitrogens with one attached hydrogen (secondary N) is 1. The lowest BCUT2D eigenvalue weighted by Crippen LogP contribution is -2.50. The standard InChI is InChI=1S/C28H35F3N4O4/c1-37-24-18-23(32-27(36)3-2-21-16-22(29)17-26(30)28(21)31)19-25(20-24)39-15-12-34-7-4-33(5-8-34)6-9-35-10-13-38-14-11-35/h2-3,16-20H,4-15H2,1H3,(H,32,36)/b3-2+. The van der Waals surface area contributed by atoms with E-state index in [4.69, 9.17) is 14.2 Å². The molecule has 0 bridgehead atoms. The van der Waals surface area contributed by atoms with Crippen molar-refractivity contribution in [2.24, 2.45) is 0 Å². The Morgan fingerprint density at radius 2 is 1.54 bits per heavy atom. The van der Waals surface area contributed by atoms with Gasteiger partial charge in [0.25, 0.3) is 0 Å². The third-order valence-electron chi connectivity index (χ3n) is 6.80. The molecule has 2 heterocycles. The van der Waals surface area contributed by atoms with Gasteiger partial charge in [-0.3, -0.25) is 19.5 Å². The molecule has 0 saturated carbocycles. The molecule has 0 radical (unpaired) electrons. The number of anilines is 1. The summed E-state index contributed by atoms with van der Waals surface area (Å²) in [5, 5.41) is 2.63. The van der Waals surface area contributed by atoms with Crippen LogP contribution in [0.4, 0.5) is 18.9 Å². The van der Waals surface area contributed by atoms with Gasteiger partial charge in [-0.15, -0.1) is 0 Å². The van der Waals surface area contributed by atoms with E-state index in [1.165, 1.54) is 7.11 Å². The number of carbonyl (C=O) groups is 1. The highest BCUT2D eigenvalue weighted by Gasteiger charge is 2.18. The van der Waals surface area contributed by atoms with Crippen LogP contribution in [-0.2, 0) is 9.53 Å². The fourth-order valence-corrected chi connectivity index (χ4v) is 4.53. The molecule has 1 amide bonds. The Labute approximate surface area is 226 Å². The molecule has 0 aliphatic carbocycles. The van der Waals surface area contributed by atoms with Crippen molar-refractivity contribution in [3.63, 3.8) is 0 Å². The lowest BCUT2D eigenvalue weighted by Gasteiger charge is -2.36. The summed E-state index contributed by atoms with van der Waals surface area (Å²) in [4.78, 5) is 19.7. The second kappa shape index (κ2) is 14.3. The lowest BCUT2D eigenvalue weighted by atomic mass is 10.2. The van der Waals surface area contributed by atoms with Gasteiger partial charge in [-0.05, 0) is 12.1 Å². The van der Waals surface area contributed by atoms with Crippen molar-refractivity contribution in [1.29, 1.82) is 0 Å². The summed E-state index contributed by atoms with van der Waals surface area (Å²) in [5.41, 5.74) is 0.0361. The maximum atomic E-state index is 13.8. The smallest absolute Gasteiger partial charge is 0.248 e. The minimum Gasteiger partial charge on any atom is -0.497 e. The van der Waals surface area contributed by atoms with Gasteiger partial charge in [-0.1, -0.05) is 0 Å². The van der Waals surface area contributed by atoms with E-state index in [1.54, 1.807) is 18.2 Å². The molecule has 2 aliphatic rings. The van der Waals surface area contributed by atoms with E-state index in [1.807, 2.05) is 0 Å². The highest BCUT2D eigenvalue weighted by Crippen LogP contribution is 2.26. The number of piperazine rings is 1. The molecule has 2 fully saturated rings. The van der Waals surface area contributed by atoms with Gasteiger partial charge in [-0.2, -0.15) is 0 Å². The van der Waals surface area contributed by atoms with Crippen LogP contribution >= 0.6 is 0 Å². The highest BCUT2D eigenvalue weighted by atomic mass is 19.2. The minimum absolute atomic E-state index is 0.366. The molecule has 1 N–H and O–H groups in total.